The molecule has 0 bridgehead atoms. The molecule has 4 nitrogen and oxygen atoms in total. The van der Waals surface area contributed by atoms with E-state index in [4.69, 9.17) is 0 Å². The van der Waals surface area contributed by atoms with E-state index < -0.39 is 10.0 Å². The first kappa shape index (κ1) is 13.7. The van der Waals surface area contributed by atoms with Gasteiger partial charge in [0.2, 0.25) is 10.0 Å². The van der Waals surface area contributed by atoms with Crippen molar-refractivity contribution in [3.8, 4) is 0 Å². The molecule has 1 aliphatic carbocycles. The predicted molar refractivity (Wildman–Crippen MR) is 74.2 cm³/mol. The van der Waals surface area contributed by atoms with Crippen LogP contribution in [-0.2, 0) is 16.6 Å². The minimum Gasteiger partial charge on any atom is -0.309 e. The van der Waals surface area contributed by atoms with Crippen molar-refractivity contribution in [2.45, 2.75) is 30.3 Å². The normalized spacial score (nSPS) is 16.1. The molecule has 0 radical (unpaired) electrons. The summed E-state index contributed by atoms with van der Waals surface area (Å²) in [5, 5.41) is 5.18. The highest BCUT2D eigenvalue weighted by Crippen LogP contribution is 2.26. The second kappa shape index (κ2) is 5.52. The van der Waals surface area contributed by atoms with Crippen LogP contribution in [-0.4, -0.2) is 32.4 Å². The number of hydrogen-bond donors (Lipinski definition) is 1. The predicted octanol–water partition coefficient (Wildman–Crippen LogP) is 1.81. The minimum atomic E-state index is -3.38. The van der Waals surface area contributed by atoms with Gasteiger partial charge in [-0.15, -0.1) is 17.9 Å². The van der Waals surface area contributed by atoms with E-state index in [0.29, 0.717) is 24.0 Å². The van der Waals surface area contributed by atoms with Crippen molar-refractivity contribution >= 4 is 21.4 Å². The molecule has 1 N–H and O–H groups in total. The van der Waals surface area contributed by atoms with E-state index in [1.165, 1.54) is 28.5 Å². The summed E-state index contributed by atoms with van der Waals surface area (Å²) in [5.74, 6) is 0. The van der Waals surface area contributed by atoms with Gasteiger partial charge in [0.05, 0.1) is 4.90 Å². The van der Waals surface area contributed by atoms with Crippen LogP contribution in [0.1, 0.15) is 17.7 Å². The van der Waals surface area contributed by atoms with Crippen LogP contribution in [0.2, 0.25) is 0 Å². The molecular formula is C12H18N2O2S2. The van der Waals surface area contributed by atoms with E-state index in [1.54, 1.807) is 19.2 Å². The highest BCUT2D eigenvalue weighted by molar-refractivity contribution is 7.89. The van der Waals surface area contributed by atoms with Crippen molar-refractivity contribution in [3.63, 3.8) is 0 Å². The van der Waals surface area contributed by atoms with Gasteiger partial charge < -0.3 is 5.32 Å². The van der Waals surface area contributed by atoms with Crippen LogP contribution in [0.25, 0.3) is 0 Å². The van der Waals surface area contributed by atoms with Gasteiger partial charge in [-0.2, -0.15) is 4.31 Å². The molecule has 0 atom stereocenters. The zero-order valence-electron chi connectivity index (χ0n) is 10.4. The van der Waals surface area contributed by atoms with Crippen LogP contribution in [0.5, 0.6) is 0 Å². The molecule has 2 rings (SSSR count). The van der Waals surface area contributed by atoms with Crippen molar-refractivity contribution in [1.29, 1.82) is 0 Å². The van der Waals surface area contributed by atoms with Gasteiger partial charge in [-0.3, -0.25) is 0 Å². The maximum absolute atomic E-state index is 12.3. The van der Waals surface area contributed by atoms with E-state index in [0.717, 1.165) is 4.88 Å². The fraction of sp³-hybridized carbons (Fsp3) is 0.500. The van der Waals surface area contributed by atoms with Crippen LogP contribution in [0.15, 0.2) is 29.0 Å². The number of hydrogen-bond acceptors (Lipinski definition) is 4. The first-order chi connectivity index (χ1) is 8.55. The summed E-state index contributed by atoms with van der Waals surface area (Å²) in [7, 11) is -1.81. The number of likely N-dealkylation sites (N-methyl/N-ethyl adjacent to an activating group) is 1. The number of sulfonamides is 1. The lowest BCUT2D eigenvalue weighted by Gasteiger charge is -2.15. The standard InChI is InChI=1S/C12H18N2O2S2/c1-3-7-14(2)18(15,16)12-6-8-17-11(12)9-13-10-4-5-10/h3,6,8,10,13H,1,4-5,7,9H2,2H3. The Balaban J connectivity index is 2.15. The van der Waals surface area contributed by atoms with Gasteiger partial charge in [0.25, 0.3) is 0 Å². The lowest BCUT2D eigenvalue weighted by molar-refractivity contribution is 0.498. The summed E-state index contributed by atoms with van der Waals surface area (Å²) in [6.07, 6.45) is 3.99. The molecule has 6 heteroatoms. The van der Waals surface area contributed by atoms with Gasteiger partial charge in [0.15, 0.2) is 0 Å². The van der Waals surface area contributed by atoms with Crippen molar-refractivity contribution < 1.29 is 8.42 Å². The van der Waals surface area contributed by atoms with Gasteiger partial charge in [0.1, 0.15) is 0 Å². The third kappa shape index (κ3) is 3.00. The summed E-state index contributed by atoms with van der Waals surface area (Å²) < 4.78 is 26.0. The highest BCUT2D eigenvalue weighted by Gasteiger charge is 2.26. The summed E-state index contributed by atoms with van der Waals surface area (Å²) in [4.78, 5) is 1.31. The first-order valence-electron chi connectivity index (χ1n) is 5.92. The zero-order valence-corrected chi connectivity index (χ0v) is 12.1. The van der Waals surface area contributed by atoms with E-state index in [9.17, 15) is 8.42 Å². The molecule has 0 aliphatic heterocycles. The average Bonchev–Trinajstić information content (AvgIpc) is 3.03. The van der Waals surface area contributed by atoms with Crippen LogP contribution in [0, 0.1) is 0 Å². The van der Waals surface area contributed by atoms with Crippen molar-refractivity contribution in [2.75, 3.05) is 13.6 Å². The largest absolute Gasteiger partial charge is 0.309 e. The Labute approximate surface area is 112 Å². The Morgan fingerprint density at radius 2 is 2.33 bits per heavy atom. The van der Waals surface area contributed by atoms with E-state index >= 15 is 0 Å². The number of nitrogens with zero attached hydrogens (tertiary/aromatic N) is 1. The molecule has 1 heterocycles. The second-order valence-electron chi connectivity index (χ2n) is 4.44. The number of nitrogens with one attached hydrogen (secondary N) is 1. The van der Waals surface area contributed by atoms with Crippen LogP contribution < -0.4 is 5.32 Å². The van der Waals surface area contributed by atoms with E-state index in [-0.39, 0.29) is 0 Å². The van der Waals surface area contributed by atoms with Crippen LogP contribution in [0.4, 0.5) is 0 Å². The third-order valence-corrected chi connectivity index (χ3v) is 5.87. The molecule has 1 aromatic rings. The van der Waals surface area contributed by atoms with Gasteiger partial charge >= 0.3 is 0 Å². The summed E-state index contributed by atoms with van der Waals surface area (Å²) in [6.45, 7) is 4.53. The number of rotatable bonds is 7. The molecule has 1 aliphatic rings. The zero-order chi connectivity index (χ0) is 13.2. The van der Waals surface area contributed by atoms with Gasteiger partial charge in [-0.25, -0.2) is 8.42 Å². The van der Waals surface area contributed by atoms with Gasteiger partial charge in [-0.05, 0) is 24.3 Å². The molecule has 18 heavy (non-hydrogen) atoms. The lowest BCUT2D eigenvalue weighted by atomic mass is 10.4. The molecule has 1 aromatic heterocycles. The Morgan fingerprint density at radius 1 is 1.61 bits per heavy atom. The molecule has 1 fully saturated rings. The molecule has 0 spiro atoms. The van der Waals surface area contributed by atoms with Crippen molar-refractivity contribution in [1.82, 2.24) is 9.62 Å². The Kier molecular flexibility index (Phi) is 4.21. The quantitative estimate of drug-likeness (QED) is 0.778. The Bertz CT molecular complexity index is 518. The summed E-state index contributed by atoms with van der Waals surface area (Å²) >= 11 is 1.49. The van der Waals surface area contributed by atoms with Crippen molar-refractivity contribution in [3.05, 3.63) is 29.0 Å². The highest BCUT2D eigenvalue weighted by atomic mass is 32.2. The molecule has 100 valence electrons. The second-order valence-corrected chi connectivity index (χ2v) is 7.45. The van der Waals surface area contributed by atoms with Crippen LogP contribution >= 0.6 is 11.3 Å². The minimum absolute atomic E-state index is 0.327. The molecule has 0 aromatic carbocycles. The van der Waals surface area contributed by atoms with E-state index in [1.807, 2.05) is 5.38 Å². The van der Waals surface area contributed by atoms with Crippen LogP contribution in [0.3, 0.4) is 0 Å². The molecule has 0 saturated heterocycles. The number of thiophene rings is 1. The molecule has 0 amide bonds. The SMILES string of the molecule is C=CCN(C)S(=O)(=O)c1ccsc1CNC1CC1. The smallest absolute Gasteiger partial charge is 0.244 e. The first-order valence-corrected chi connectivity index (χ1v) is 8.24. The maximum atomic E-state index is 12.3. The topological polar surface area (TPSA) is 49.4 Å². The van der Waals surface area contributed by atoms with Gasteiger partial charge in [-0.1, -0.05) is 6.08 Å². The fourth-order valence-corrected chi connectivity index (χ4v) is 4.16. The van der Waals surface area contributed by atoms with E-state index in [2.05, 4.69) is 11.9 Å². The summed E-state index contributed by atoms with van der Waals surface area (Å²) in [5.41, 5.74) is 0. The molecule has 0 unspecified atom stereocenters. The van der Waals surface area contributed by atoms with Gasteiger partial charge in [0, 0.05) is 31.1 Å². The Morgan fingerprint density at radius 3 is 2.94 bits per heavy atom. The molecule has 1 saturated carbocycles. The fourth-order valence-electron chi connectivity index (χ4n) is 1.66. The average molecular weight is 286 g/mol. The lowest BCUT2D eigenvalue weighted by Crippen LogP contribution is -2.28. The molecular weight excluding hydrogens is 268 g/mol. The summed E-state index contributed by atoms with van der Waals surface area (Å²) in [6, 6.07) is 2.26. The van der Waals surface area contributed by atoms with Crippen molar-refractivity contribution in [2.24, 2.45) is 0 Å². The monoisotopic (exact) mass is 286 g/mol. The third-order valence-electron chi connectivity index (χ3n) is 2.91. The Hall–Kier alpha value is -0.690. The maximum Gasteiger partial charge on any atom is 0.244 e.